The summed E-state index contributed by atoms with van der Waals surface area (Å²) in [5, 5.41) is 13.6. The van der Waals surface area contributed by atoms with E-state index in [0.717, 1.165) is 57.1 Å². The fourth-order valence-corrected chi connectivity index (χ4v) is 4.75. The van der Waals surface area contributed by atoms with E-state index in [9.17, 15) is 9.90 Å². The number of benzene rings is 1. The zero-order valence-electron chi connectivity index (χ0n) is 16.1. The van der Waals surface area contributed by atoms with E-state index >= 15 is 0 Å². The molecule has 7 heteroatoms. The number of nitrogens with zero attached hydrogens (tertiary/aromatic N) is 2. The molecule has 1 saturated heterocycles. The van der Waals surface area contributed by atoms with Gasteiger partial charge in [0.25, 0.3) is 6.01 Å². The molecule has 1 atom stereocenters. The van der Waals surface area contributed by atoms with E-state index in [1.54, 1.807) is 6.07 Å². The largest absolute Gasteiger partial charge is 0.423 e. The molecule has 2 fully saturated rings. The summed E-state index contributed by atoms with van der Waals surface area (Å²) in [6.45, 7) is 1.65. The van der Waals surface area contributed by atoms with Crippen molar-refractivity contribution in [2.75, 3.05) is 24.6 Å². The van der Waals surface area contributed by atoms with E-state index in [1.165, 1.54) is 6.42 Å². The lowest BCUT2D eigenvalue weighted by Gasteiger charge is -2.37. The fraction of sp³-hybridized carbons (Fsp3) is 0.619. The molecule has 2 N–H and O–H groups in total. The van der Waals surface area contributed by atoms with Crippen LogP contribution in [0, 0.1) is 5.92 Å². The molecule has 0 spiro atoms. The Labute approximate surface area is 170 Å². The highest BCUT2D eigenvalue weighted by Crippen LogP contribution is 2.30. The van der Waals surface area contributed by atoms with Crippen molar-refractivity contribution in [3.8, 4) is 0 Å². The van der Waals surface area contributed by atoms with Crippen molar-refractivity contribution in [1.29, 1.82) is 0 Å². The first kappa shape index (κ1) is 19.5. The van der Waals surface area contributed by atoms with Crippen LogP contribution in [0.2, 0.25) is 5.02 Å². The van der Waals surface area contributed by atoms with Gasteiger partial charge in [-0.25, -0.2) is 0 Å². The molecule has 1 aromatic heterocycles. The SMILES string of the molecule is O=C(CC1CCCN(c2nc3ccc(Cl)cc3o2)C1)NC1(CO)CCCCC1. The van der Waals surface area contributed by atoms with Crippen molar-refractivity contribution >= 4 is 34.6 Å². The molecular formula is C21H28ClN3O3. The molecule has 0 bridgehead atoms. The number of rotatable bonds is 5. The summed E-state index contributed by atoms with van der Waals surface area (Å²) in [4.78, 5) is 19.4. The summed E-state index contributed by atoms with van der Waals surface area (Å²) in [6.07, 6.45) is 7.56. The van der Waals surface area contributed by atoms with Gasteiger partial charge < -0.3 is 19.7 Å². The number of aromatic nitrogens is 1. The van der Waals surface area contributed by atoms with Crippen molar-refractivity contribution in [1.82, 2.24) is 10.3 Å². The number of oxazole rings is 1. The highest BCUT2D eigenvalue weighted by atomic mass is 35.5. The predicted octanol–water partition coefficient (Wildman–Crippen LogP) is 3.90. The van der Waals surface area contributed by atoms with Crippen LogP contribution in [0.3, 0.4) is 0 Å². The molecule has 28 heavy (non-hydrogen) atoms. The second-order valence-electron chi connectivity index (χ2n) is 8.31. The minimum Gasteiger partial charge on any atom is -0.423 e. The molecule has 152 valence electrons. The Bertz CT molecular complexity index is 831. The number of aliphatic hydroxyl groups is 1. The quantitative estimate of drug-likeness (QED) is 0.788. The molecule has 1 aromatic carbocycles. The Kier molecular flexibility index (Phi) is 5.78. The lowest BCUT2D eigenvalue weighted by molar-refractivity contribution is -0.125. The summed E-state index contributed by atoms with van der Waals surface area (Å²) in [5.41, 5.74) is 1.06. The van der Waals surface area contributed by atoms with Crippen LogP contribution >= 0.6 is 11.6 Å². The van der Waals surface area contributed by atoms with Crippen molar-refractivity contribution in [2.45, 2.75) is 56.9 Å². The molecule has 2 heterocycles. The van der Waals surface area contributed by atoms with Crippen LogP contribution in [0.25, 0.3) is 11.1 Å². The Morgan fingerprint density at radius 3 is 2.93 bits per heavy atom. The Morgan fingerprint density at radius 2 is 2.14 bits per heavy atom. The number of halogens is 1. The van der Waals surface area contributed by atoms with E-state index in [4.69, 9.17) is 16.0 Å². The third-order valence-electron chi connectivity index (χ3n) is 6.12. The van der Waals surface area contributed by atoms with Crippen molar-refractivity contribution in [3.05, 3.63) is 23.2 Å². The van der Waals surface area contributed by atoms with Crippen LogP contribution < -0.4 is 10.2 Å². The number of aliphatic hydroxyl groups excluding tert-OH is 1. The molecule has 4 rings (SSSR count). The number of piperidine rings is 1. The van der Waals surface area contributed by atoms with Gasteiger partial charge in [0, 0.05) is 30.6 Å². The summed E-state index contributed by atoms with van der Waals surface area (Å²) in [6, 6.07) is 6.04. The lowest BCUT2D eigenvalue weighted by Crippen LogP contribution is -2.53. The van der Waals surface area contributed by atoms with E-state index in [0.29, 0.717) is 23.0 Å². The summed E-state index contributed by atoms with van der Waals surface area (Å²) >= 11 is 6.03. The number of carbonyl (C=O) groups excluding carboxylic acids is 1. The first-order valence-electron chi connectivity index (χ1n) is 10.3. The molecule has 6 nitrogen and oxygen atoms in total. The Morgan fingerprint density at radius 1 is 1.32 bits per heavy atom. The number of fused-ring (bicyclic) bond motifs is 1. The zero-order chi connectivity index (χ0) is 19.6. The fourth-order valence-electron chi connectivity index (χ4n) is 4.59. The van der Waals surface area contributed by atoms with Crippen LogP contribution in [0.5, 0.6) is 0 Å². The average molecular weight is 406 g/mol. The van der Waals surface area contributed by atoms with Crippen molar-refractivity contribution < 1.29 is 14.3 Å². The van der Waals surface area contributed by atoms with Gasteiger partial charge in [-0.15, -0.1) is 0 Å². The highest BCUT2D eigenvalue weighted by Gasteiger charge is 2.34. The van der Waals surface area contributed by atoms with Gasteiger partial charge in [0.1, 0.15) is 5.52 Å². The van der Waals surface area contributed by atoms with E-state index < -0.39 is 5.54 Å². The maximum absolute atomic E-state index is 12.7. The monoisotopic (exact) mass is 405 g/mol. The highest BCUT2D eigenvalue weighted by molar-refractivity contribution is 6.31. The van der Waals surface area contributed by atoms with Gasteiger partial charge in [0.05, 0.1) is 12.1 Å². The maximum atomic E-state index is 12.7. The third-order valence-corrected chi connectivity index (χ3v) is 6.36. The number of hydrogen-bond acceptors (Lipinski definition) is 5. The molecule has 2 aliphatic rings. The van der Waals surface area contributed by atoms with E-state index in [2.05, 4.69) is 15.2 Å². The minimum atomic E-state index is -0.413. The van der Waals surface area contributed by atoms with Crippen molar-refractivity contribution in [2.24, 2.45) is 5.92 Å². The van der Waals surface area contributed by atoms with Gasteiger partial charge >= 0.3 is 0 Å². The number of amides is 1. The number of nitrogens with one attached hydrogen (secondary N) is 1. The summed E-state index contributed by atoms with van der Waals surface area (Å²) < 4.78 is 5.89. The van der Waals surface area contributed by atoms with Crippen LogP contribution in [-0.2, 0) is 4.79 Å². The lowest BCUT2D eigenvalue weighted by atomic mass is 9.82. The third kappa shape index (κ3) is 4.28. The molecule has 1 aliphatic carbocycles. The number of hydrogen-bond donors (Lipinski definition) is 2. The van der Waals surface area contributed by atoms with Gasteiger partial charge in [0.15, 0.2) is 5.58 Å². The molecule has 1 amide bonds. The molecular weight excluding hydrogens is 378 g/mol. The minimum absolute atomic E-state index is 0.0288. The predicted molar refractivity (Wildman–Crippen MR) is 110 cm³/mol. The van der Waals surface area contributed by atoms with Crippen LogP contribution in [-0.4, -0.2) is 41.2 Å². The Balaban J connectivity index is 1.38. The molecule has 2 aromatic rings. The van der Waals surface area contributed by atoms with Gasteiger partial charge in [-0.05, 0) is 43.7 Å². The zero-order valence-corrected chi connectivity index (χ0v) is 16.9. The van der Waals surface area contributed by atoms with E-state index in [1.807, 2.05) is 12.1 Å². The first-order chi connectivity index (χ1) is 13.6. The van der Waals surface area contributed by atoms with Gasteiger partial charge in [-0.3, -0.25) is 4.79 Å². The molecule has 0 radical (unpaired) electrons. The topological polar surface area (TPSA) is 78.6 Å². The maximum Gasteiger partial charge on any atom is 0.298 e. The van der Waals surface area contributed by atoms with Gasteiger partial charge in [-0.1, -0.05) is 30.9 Å². The normalized spacial score (nSPS) is 22.4. The second-order valence-corrected chi connectivity index (χ2v) is 8.75. The first-order valence-corrected chi connectivity index (χ1v) is 10.7. The van der Waals surface area contributed by atoms with Crippen LogP contribution in [0.1, 0.15) is 51.4 Å². The molecule has 1 unspecified atom stereocenters. The van der Waals surface area contributed by atoms with Gasteiger partial charge in [-0.2, -0.15) is 4.98 Å². The standard InChI is InChI=1S/C21H28ClN3O3/c22-16-6-7-17-18(12-16)28-20(23-17)25-10-4-5-15(13-25)11-19(27)24-21(14-26)8-2-1-3-9-21/h6-7,12,15,26H,1-5,8-11,13-14H2,(H,24,27). The number of anilines is 1. The van der Waals surface area contributed by atoms with Crippen LogP contribution in [0.15, 0.2) is 22.6 Å². The summed E-state index contributed by atoms with van der Waals surface area (Å²) in [5.74, 6) is 0.304. The smallest absolute Gasteiger partial charge is 0.298 e. The average Bonchev–Trinajstić information content (AvgIpc) is 3.12. The molecule has 1 aliphatic heterocycles. The Hall–Kier alpha value is -1.79. The molecule has 1 saturated carbocycles. The summed E-state index contributed by atoms with van der Waals surface area (Å²) in [7, 11) is 0. The second kappa shape index (κ2) is 8.29. The van der Waals surface area contributed by atoms with Gasteiger partial charge in [0.2, 0.25) is 5.91 Å². The van der Waals surface area contributed by atoms with Crippen LogP contribution in [0.4, 0.5) is 6.01 Å². The van der Waals surface area contributed by atoms with E-state index in [-0.39, 0.29) is 18.4 Å². The number of carbonyl (C=O) groups is 1. The van der Waals surface area contributed by atoms with Crippen molar-refractivity contribution in [3.63, 3.8) is 0 Å².